The quantitative estimate of drug-likeness (QED) is 0.757. The van der Waals surface area contributed by atoms with Crippen LogP contribution in [0.2, 0.25) is 0 Å². The monoisotopic (exact) mass is 256 g/mol. The summed E-state index contributed by atoms with van der Waals surface area (Å²) in [5, 5.41) is 1.34. The van der Waals surface area contributed by atoms with Crippen molar-refractivity contribution in [3.05, 3.63) is 23.9 Å². The van der Waals surface area contributed by atoms with Crippen LogP contribution >= 0.6 is 23.4 Å². The van der Waals surface area contributed by atoms with E-state index in [1.54, 1.807) is 0 Å². The summed E-state index contributed by atoms with van der Waals surface area (Å²) in [5.41, 5.74) is 1.14. The predicted octanol–water partition coefficient (Wildman–Crippen LogP) is 3.15. The molecular formula is C12H17ClN2S. The molecule has 1 aliphatic heterocycles. The second kappa shape index (κ2) is 5.28. The van der Waals surface area contributed by atoms with Gasteiger partial charge in [-0.25, -0.2) is 4.98 Å². The first kappa shape index (κ1) is 12.1. The van der Waals surface area contributed by atoms with Crippen LogP contribution in [0.25, 0.3) is 0 Å². The molecule has 0 saturated carbocycles. The van der Waals surface area contributed by atoms with Crippen molar-refractivity contribution >= 4 is 29.2 Å². The van der Waals surface area contributed by atoms with Crippen molar-refractivity contribution < 1.29 is 0 Å². The Morgan fingerprint density at radius 2 is 2.12 bits per heavy atom. The van der Waals surface area contributed by atoms with Crippen molar-refractivity contribution in [1.82, 2.24) is 4.98 Å². The Bertz CT molecular complexity index is 349. The normalized spacial score (nSPS) is 25.8. The topological polar surface area (TPSA) is 16.1 Å². The molecule has 16 heavy (non-hydrogen) atoms. The van der Waals surface area contributed by atoms with Gasteiger partial charge in [-0.3, -0.25) is 0 Å². The highest BCUT2D eigenvalue weighted by atomic mass is 35.5. The van der Waals surface area contributed by atoms with Gasteiger partial charge < -0.3 is 4.90 Å². The molecular weight excluding hydrogens is 240 g/mol. The maximum Gasteiger partial charge on any atom is 0.128 e. The van der Waals surface area contributed by atoms with Crippen LogP contribution in [0.4, 0.5) is 5.82 Å². The molecule has 1 aromatic heterocycles. The van der Waals surface area contributed by atoms with E-state index in [2.05, 4.69) is 41.6 Å². The highest BCUT2D eigenvalue weighted by Gasteiger charge is 2.23. The fraction of sp³-hybridized carbons (Fsp3) is 0.583. The Kier molecular flexibility index (Phi) is 3.98. The molecule has 0 radical (unpaired) electrons. The third kappa shape index (κ3) is 2.83. The summed E-state index contributed by atoms with van der Waals surface area (Å²) in [4.78, 5) is 6.80. The number of halogens is 1. The van der Waals surface area contributed by atoms with Crippen molar-refractivity contribution in [3.63, 3.8) is 0 Å². The van der Waals surface area contributed by atoms with Crippen molar-refractivity contribution in [2.45, 2.75) is 30.2 Å². The summed E-state index contributed by atoms with van der Waals surface area (Å²) in [6.07, 6.45) is 1.85. The van der Waals surface area contributed by atoms with Crippen molar-refractivity contribution in [2.75, 3.05) is 18.0 Å². The first-order valence-corrected chi connectivity index (χ1v) is 7.08. The average Bonchev–Trinajstić information content (AvgIpc) is 2.28. The average molecular weight is 257 g/mol. The van der Waals surface area contributed by atoms with E-state index in [1.807, 2.05) is 12.3 Å². The molecule has 4 heteroatoms. The van der Waals surface area contributed by atoms with Crippen LogP contribution in [-0.4, -0.2) is 28.6 Å². The fourth-order valence-corrected chi connectivity index (χ4v) is 3.57. The van der Waals surface area contributed by atoms with Crippen LogP contribution < -0.4 is 4.90 Å². The number of pyridine rings is 1. The smallest absolute Gasteiger partial charge is 0.128 e. The molecule has 1 saturated heterocycles. The Labute approximate surface area is 106 Å². The van der Waals surface area contributed by atoms with E-state index in [9.17, 15) is 0 Å². The third-order valence-corrected chi connectivity index (χ3v) is 4.24. The summed E-state index contributed by atoms with van der Waals surface area (Å²) < 4.78 is 0. The molecule has 2 nitrogen and oxygen atoms in total. The van der Waals surface area contributed by atoms with Gasteiger partial charge in [-0.15, -0.1) is 11.6 Å². The predicted molar refractivity (Wildman–Crippen MR) is 72.5 cm³/mol. The summed E-state index contributed by atoms with van der Waals surface area (Å²) in [7, 11) is 0. The molecule has 2 heterocycles. The highest BCUT2D eigenvalue weighted by molar-refractivity contribution is 8.00. The number of nitrogens with zero attached hydrogens (tertiary/aromatic N) is 2. The lowest BCUT2D eigenvalue weighted by molar-refractivity contribution is 0.718. The van der Waals surface area contributed by atoms with E-state index in [1.165, 1.54) is 0 Å². The van der Waals surface area contributed by atoms with Crippen LogP contribution in [-0.2, 0) is 5.88 Å². The highest BCUT2D eigenvalue weighted by Crippen LogP contribution is 2.27. The van der Waals surface area contributed by atoms with Gasteiger partial charge in [-0.05, 0) is 17.7 Å². The Balaban J connectivity index is 2.16. The molecule has 1 aliphatic rings. The third-order valence-electron chi connectivity index (χ3n) is 2.71. The molecule has 0 amide bonds. The van der Waals surface area contributed by atoms with E-state index < -0.39 is 0 Å². The number of thioether (sulfide) groups is 1. The van der Waals surface area contributed by atoms with Crippen LogP contribution in [0.3, 0.4) is 0 Å². The van der Waals surface area contributed by atoms with Crippen LogP contribution in [0.5, 0.6) is 0 Å². The molecule has 1 aromatic rings. The minimum Gasteiger partial charge on any atom is -0.354 e. The standard InChI is InChI=1S/C12H17ClN2S/c1-9-7-15(8-10(2)16-9)12-5-11(6-13)3-4-14-12/h3-5,9-10H,6-8H2,1-2H3. The first-order chi connectivity index (χ1) is 7.69. The van der Waals surface area contributed by atoms with Gasteiger partial charge in [-0.1, -0.05) is 13.8 Å². The van der Waals surface area contributed by atoms with Gasteiger partial charge in [0.15, 0.2) is 0 Å². The molecule has 0 aliphatic carbocycles. The van der Waals surface area contributed by atoms with Gasteiger partial charge in [0.1, 0.15) is 5.82 Å². The van der Waals surface area contributed by atoms with Crippen LogP contribution in [0.1, 0.15) is 19.4 Å². The van der Waals surface area contributed by atoms with Gasteiger partial charge in [0, 0.05) is 35.7 Å². The maximum absolute atomic E-state index is 5.84. The zero-order valence-electron chi connectivity index (χ0n) is 9.69. The molecule has 2 atom stereocenters. The zero-order chi connectivity index (χ0) is 11.5. The summed E-state index contributed by atoms with van der Waals surface area (Å²) in [6, 6.07) is 4.07. The molecule has 2 unspecified atom stereocenters. The number of hydrogen-bond acceptors (Lipinski definition) is 3. The lowest BCUT2D eigenvalue weighted by Crippen LogP contribution is -2.40. The van der Waals surface area contributed by atoms with Gasteiger partial charge in [0.2, 0.25) is 0 Å². The number of anilines is 1. The fourth-order valence-electron chi connectivity index (χ4n) is 2.08. The van der Waals surface area contributed by atoms with E-state index >= 15 is 0 Å². The van der Waals surface area contributed by atoms with Crippen molar-refractivity contribution in [3.8, 4) is 0 Å². The molecule has 0 bridgehead atoms. The van der Waals surface area contributed by atoms with Crippen molar-refractivity contribution in [1.29, 1.82) is 0 Å². The lowest BCUT2D eigenvalue weighted by atomic mass is 10.2. The Morgan fingerprint density at radius 1 is 1.44 bits per heavy atom. The zero-order valence-corrected chi connectivity index (χ0v) is 11.3. The van der Waals surface area contributed by atoms with E-state index in [0.717, 1.165) is 24.5 Å². The Morgan fingerprint density at radius 3 is 2.75 bits per heavy atom. The second-order valence-electron chi connectivity index (χ2n) is 4.32. The molecule has 2 rings (SSSR count). The second-order valence-corrected chi connectivity index (χ2v) is 6.47. The molecule has 88 valence electrons. The first-order valence-electron chi connectivity index (χ1n) is 5.60. The molecule has 0 N–H and O–H groups in total. The number of rotatable bonds is 2. The van der Waals surface area contributed by atoms with Gasteiger partial charge in [0.05, 0.1) is 0 Å². The van der Waals surface area contributed by atoms with Crippen LogP contribution in [0, 0.1) is 0 Å². The minimum absolute atomic E-state index is 0.559. The molecule has 0 aromatic carbocycles. The SMILES string of the molecule is CC1CN(c2cc(CCl)ccn2)CC(C)S1. The largest absolute Gasteiger partial charge is 0.354 e. The van der Waals surface area contributed by atoms with Gasteiger partial charge in [0.25, 0.3) is 0 Å². The van der Waals surface area contributed by atoms with Gasteiger partial charge in [-0.2, -0.15) is 11.8 Å². The number of hydrogen-bond donors (Lipinski definition) is 0. The van der Waals surface area contributed by atoms with E-state index in [-0.39, 0.29) is 0 Å². The maximum atomic E-state index is 5.84. The summed E-state index contributed by atoms with van der Waals surface area (Å²) >= 11 is 7.90. The molecule has 1 fully saturated rings. The van der Waals surface area contributed by atoms with Crippen molar-refractivity contribution in [2.24, 2.45) is 0 Å². The van der Waals surface area contributed by atoms with E-state index in [0.29, 0.717) is 16.4 Å². The minimum atomic E-state index is 0.559. The Hall–Kier alpha value is -0.410. The number of aromatic nitrogens is 1. The van der Waals surface area contributed by atoms with E-state index in [4.69, 9.17) is 11.6 Å². The summed E-state index contributed by atoms with van der Waals surface area (Å²) in [6.45, 7) is 6.71. The van der Waals surface area contributed by atoms with Gasteiger partial charge >= 0.3 is 0 Å². The van der Waals surface area contributed by atoms with Crippen LogP contribution in [0.15, 0.2) is 18.3 Å². The number of alkyl halides is 1. The lowest BCUT2D eigenvalue weighted by Gasteiger charge is -2.35. The molecule has 0 spiro atoms. The summed E-state index contributed by atoms with van der Waals surface area (Å²) in [5.74, 6) is 1.63.